The van der Waals surface area contributed by atoms with Gasteiger partial charge in [0.25, 0.3) is 0 Å². The Balaban J connectivity index is 1.82. The van der Waals surface area contributed by atoms with Crippen LogP contribution < -0.4 is 15.2 Å². The van der Waals surface area contributed by atoms with Crippen LogP contribution in [0.5, 0.6) is 11.5 Å². The SMILES string of the molecule is CC(C)CN1CCCCC1C(CN)c1ccc2c(c1)OCCO2. The molecule has 2 heterocycles. The molecule has 3 rings (SSSR count). The van der Waals surface area contributed by atoms with Gasteiger partial charge in [0.2, 0.25) is 0 Å². The van der Waals surface area contributed by atoms with Crippen molar-refractivity contribution in [1.82, 2.24) is 4.90 Å². The topological polar surface area (TPSA) is 47.7 Å². The van der Waals surface area contributed by atoms with E-state index in [0.29, 0.717) is 37.6 Å². The second kappa shape index (κ2) is 7.54. The van der Waals surface area contributed by atoms with Crippen molar-refractivity contribution in [2.45, 2.75) is 45.1 Å². The first-order valence-corrected chi connectivity index (χ1v) is 9.02. The van der Waals surface area contributed by atoms with Crippen LogP contribution in [0.2, 0.25) is 0 Å². The summed E-state index contributed by atoms with van der Waals surface area (Å²) in [4.78, 5) is 2.66. The van der Waals surface area contributed by atoms with Gasteiger partial charge in [0.05, 0.1) is 0 Å². The van der Waals surface area contributed by atoms with Gasteiger partial charge in [0, 0.05) is 25.0 Å². The lowest BCUT2D eigenvalue weighted by atomic mass is 9.84. The zero-order chi connectivity index (χ0) is 16.2. The van der Waals surface area contributed by atoms with Crippen LogP contribution >= 0.6 is 0 Å². The summed E-state index contributed by atoms with van der Waals surface area (Å²) in [7, 11) is 0. The van der Waals surface area contributed by atoms with E-state index in [-0.39, 0.29) is 0 Å². The first kappa shape index (κ1) is 16.6. The molecule has 0 spiro atoms. The number of hydrogen-bond donors (Lipinski definition) is 1. The predicted molar refractivity (Wildman–Crippen MR) is 93.3 cm³/mol. The number of ether oxygens (including phenoxy) is 2. The third-order valence-electron chi connectivity index (χ3n) is 4.98. The molecule has 0 radical (unpaired) electrons. The third kappa shape index (κ3) is 3.81. The Morgan fingerprint density at radius 1 is 1.17 bits per heavy atom. The van der Waals surface area contributed by atoms with Crippen LogP contribution in [0, 0.1) is 5.92 Å². The molecule has 128 valence electrons. The summed E-state index contributed by atoms with van der Waals surface area (Å²) in [5, 5.41) is 0. The lowest BCUT2D eigenvalue weighted by Gasteiger charge is -2.41. The molecule has 1 aromatic rings. The Bertz CT molecular complexity index is 518. The van der Waals surface area contributed by atoms with Crippen molar-refractivity contribution in [3.05, 3.63) is 23.8 Å². The third-order valence-corrected chi connectivity index (χ3v) is 4.98. The Labute approximate surface area is 139 Å². The molecule has 4 nitrogen and oxygen atoms in total. The van der Waals surface area contributed by atoms with Crippen molar-refractivity contribution < 1.29 is 9.47 Å². The molecule has 0 aliphatic carbocycles. The highest BCUT2D eigenvalue weighted by atomic mass is 16.6. The van der Waals surface area contributed by atoms with E-state index >= 15 is 0 Å². The largest absolute Gasteiger partial charge is 0.486 e. The molecule has 2 aliphatic rings. The maximum atomic E-state index is 6.21. The molecular formula is C19H30N2O2. The van der Waals surface area contributed by atoms with Gasteiger partial charge in [0.1, 0.15) is 13.2 Å². The van der Waals surface area contributed by atoms with Gasteiger partial charge in [-0.1, -0.05) is 26.3 Å². The summed E-state index contributed by atoms with van der Waals surface area (Å²) in [5.74, 6) is 2.79. The average molecular weight is 318 g/mol. The van der Waals surface area contributed by atoms with E-state index < -0.39 is 0 Å². The van der Waals surface area contributed by atoms with Crippen LogP contribution in [0.1, 0.15) is 44.6 Å². The van der Waals surface area contributed by atoms with Crippen molar-refractivity contribution in [2.75, 3.05) is 32.8 Å². The number of fused-ring (bicyclic) bond motifs is 1. The summed E-state index contributed by atoms with van der Waals surface area (Å²) in [6.07, 6.45) is 3.85. The van der Waals surface area contributed by atoms with Gasteiger partial charge in [-0.05, 0) is 43.0 Å². The fraction of sp³-hybridized carbons (Fsp3) is 0.684. The minimum absolute atomic E-state index is 0.366. The quantitative estimate of drug-likeness (QED) is 0.906. The van der Waals surface area contributed by atoms with E-state index in [1.165, 1.54) is 31.4 Å². The number of rotatable bonds is 5. The molecule has 2 aliphatic heterocycles. The molecule has 23 heavy (non-hydrogen) atoms. The summed E-state index contributed by atoms with van der Waals surface area (Å²) >= 11 is 0. The van der Waals surface area contributed by atoms with Gasteiger partial charge in [-0.25, -0.2) is 0 Å². The second-order valence-electron chi connectivity index (χ2n) is 7.20. The van der Waals surface area contributed by atoms with E-state index in [0.717, 1.165) is 18.0 Å². The molecule has 1 aromatic carbocycles. The van der Waals surface area contributed by atoms with Gasteiger partial charge >= 0.3 is 0 Å². The fourth-order valence-electron chi connectivity index (χ4n) is 3.97. The summed E-state index contributed by atoms with van der Waals surface area (Å²) in [5.41, 5.74) is 7.50. The van der Waals surface area contributed by atoms with Gasteiger partial charge in [-0.2, -0.15) is 0 Å². The molecule has 0 saturated carbocycles. The summed E-state index contributed by atoms with van der Waals surface area (Å²) in [6, 6.07) is 6.91. The van der Waals surface area contributed by atoms with Crippen LogP contribution in [-0.4, -0.2) is 43.8 Å². The highest BCUT2D eigenvalue weighted by Crippen LogP contribution is 2.36. The molecule has 4 heteroatoms. The fourth-order valence-corrected chi connectivity index (χ4v) is 3.97. The van der Waals surface area contributed by atoms with Crippen molar-refractivity contribution in [1.29, 1.82) is 0 Å². The molecule has 2 unspecified atom stereocenters. The van der Waals surface area contributed by atoms with E-state index in [1.54, 1.807) is 0 Å². The lowest BCUT2D eigenvalue weighted by molar-refractivity contribution is 0.112. The lowest BCUT2D eigenvalue weighted by Crippen LogP contribution is -2.46. The Morgan fingerprint density at radius 3 is 2.70 bits per heavy atom. The predicted octanol–water partition coefficient (Wildman–Crippen LogP) is 3.01. The van der Waals surface area contributed by atoms with E-state index in [1.807, 2.05) is 6.07 Å². The standard InChI is InChI=1S/C19H30N2O2/c1-14(2)13-21-8-4-3-5-17(21)16(12-20)15-6-7-18-19(11-15)23-10-9-22-18/h6-7,11,14,16-17H,3-5,8-10,12-13,20H2,1-2H3. The van der Waals surface area contributed by atoms with Gasteiger partial charge < -0.3 is 15.2 Å². The van der Waals surface area contributed by atoms with Gasteiger partial charge in [-0.3, -0.25) is 4.90 Å². The molecule has 2 atom stereocenters. The number of likely N-dealkylation sites (tertiary alicyclic amines) is 1. The molecule has 1 fully saturated rings. The first-order chi connectivity index (χ1) is 11.2. The highest BCUT2D eigenvalue weighted by molar-refractivity contribution is 5.45. The second-order valence-corrected chi connectivity index (χ2v) is 7.20. The van der Waals surface area contributed by atoms with Gasteiger partial charge in [0.15, 0.2) is 11.5 Å². The number of nitrogens with two attached hydrogens (primary N) is 1. The van der Waals surface area contributed by atoms with E-state index in [4.69, 9.17) is 15.2 Å². The summed E-state index contributed by atoms with van der Waals surface area (Å²) < 4.78 is 11.4. The minimum Gasteiger partial charge on any atom is -0.486 e. The monoisotopic (exact) mass is 318 g/mol. The Morgan fingerprint density at radius 2 is 1.96 bits per heavy atom. The number of benzene rings is 1. The normalized spacial score (nSPS) is 23.0. The maximum Gasteiger partial charge on any atom is 0.161 e. The smallest absolute Gasteiger partial charge is 0.161 e. The summed E-state index contributed by atoms with van der Waals surface area (Å²) in [6.45, 7) is 8.90. The van der Waals surface area contributed by atoms with Crippen molar-refractivity contribution in [3.63, 3.8) is 0 Å². The highest BCUT2D eigenvalue weighted by Gasteiger charge is 2.31. The van der Waals surface area contributed by atoms with Crippen LogP contribution in [0.4, 0.5) is 0 Å². The molecule has 0 aromatic heterocycles. The minimum atomic E-state index is 0.366. The molecule has 1 saturated heterocycles. The molecule has 0 amide bonds. The zero-order valence-electron chi connectivity index (χ0n) is 14.5. The zero-order valence-corrected chi connectivity index (χ0v) is 14.5. The van der Waals surface area contributed by atoms with Gasteiger partial charge in [-0.15, -0.1) is 0 Å². The van der Waals surface area contributed by atoms with Crippen LogP contribution in [0.3, 0.4) is 0 Å². The van der Waals surface area contributed by atoms with E-state index in [2.05, 4.69) is 30.9 Å². The van der Waals surface area contributed by atoms with E-state index in [9.17, 15) is 0 Å². The Hall–Kier alpha value is -1.26. The average Bonchev–Trinajstić information content (AvgIpc) is 2.56. The van der Waals surface area contributed by atoms with Crippen molar-refractivity contribution in [2.24, 2.45) is 11.7 Å². The number of nitrogens with zero attached hydrogens (tertiary/aromatic N) is 1. The first-order valence-electron chi connectivity index (χ1n) is 9.02. The number of piperidine rings is 1. The number of hydrogen-bond acceptors (Lipinski definition) is 4. The van der Waals surface area contributed by atoms with Crippen LogP contribution in [0.25, 0.3) is 0 Å². The van der Waals surface area contributed by atoms with Crippen LogP contribution in [0.15, 0.2) is 18.2 Å². The Kier molecular flexibility index (Phi) is 5.44. The van der Waals surface area contributed by atoms with Crippen molar-refractivity contribution >= 4 is 0 Å². The molecule has 0 bridgehead atoms. The van der Waals surface area contributed by atoms with Crippen molar-refractivity contribution in [3.8, 4) is 11.5 Å². The maximum absolute atomic E-state index is 6.21. The molecular weight excluding hydrogens is 288 g/mol. The molecule has 2 N–H and O–H groups in total. The van der Waals surface area contributed by atoms with Crippen LogP contribution in [-0.2, 0) is 0 Å².